The van der Waals surface area contributed by atoms with Crippen molar-refractivity contribution in [2.45, 2.75) is 72.3 Å². The van der Waals surface area contributed by atoms with Crippen LogP contribution in [-0.2, 0) is 24.0 Å². The number of Topliss-reactive ketones (excluding diaryl/α,β-unsaturated/α-hetero) is 2. The first-order valence-electron chi connectivity index (χ1n) is 9.92. The molecule has 1 amide bonds. The molecule has 0 unspecified atom stereocenters. The Balaban J connectivity index is 2.34. The highest BCUT2D eigenvalue weighted by molar-refractivity contribution is 6.33. The van der Waals surface area contributed by atoms with Crippen LogP contribution in [-0.4, -0.2) is 35.1 Å². The first-order valence-corrected chi connectivity index (χ1v) is 9.92. The number of nitrogens with one attached hydrogen (secondary N) is 1. The normalized spacial score (nSPS) is 15.7. The maximum absolute atomic E-state index is 12.4. The fourth-order valence-electron chi connectivity index (χ4n) is 2.94. The summed E-state index contributed by atoms with van der Waals surface area (Å²) >= 11 is 0. The molecule has 1 aliphatic carbocycles. The second kappa shape index (κ2) is 11.5. The molecule has 0 aromatic heterocycles. The van der Waals surface area contributed by atoms with E-state index in [2.05, 4.69) is 5.32 Å². The lowest BCUT2D eigenvalue weighted by molar-refractivity contribution is -0.131. The molecule has 1 N–H and O–H groups in total. The SMILES string of the molecule is CC(=O)[C@H](C)CC(=O)[C@@H](NC(=O)CCCCCC=C1C(=O)C=CC1=O)C(C)C. The van der Waals surface area contributed by atoms with E-state index in [1.165, 1.54) is 19.1 Å². The van der Waals surface area contributed by atoms with Gasteiger partial charge in [0.2, 0.25) is 5.91 Å². The van der Waals surface area contributed by atoms with Gasteiger partial charge in [-0.05, 0) is 44.3 Å². The van der Waals surface area contributed by atoms with Crippen molar-refractivity contribution in [1.29, 1.82) is 0 Å². The van der Waals surface area contributed by atoms with Crippen LogP contribution in [0.1, 0.15) is 66.2 Å². The summed E-state index contributed by atoms with van der Waals surface area (Å²) in [6.07, 6.45) is 7.52. The molecular weight excluding hydrogens is 358 g/mol. The molecule has 0 radical (unpaired) electrons. The highest BCUT2D eigenvalue weighted by Gasteiger charge is 2.26. The van der Waals surface area contributed by atoms with E-state index in [-0.39, 0.29) is 52.9 Å². The highest BCUT2D eigenvalue weighted by Crippen LogP contribution is 2.14. The molecule has 0 spiro atoms. The van der Waals surface area contributed by atoms with Crippen LogP contribution in [0.15, 0.2) is 23.8 Å². The van der Waals surface area contributed by atoms with Crippen molar-refractivity contribution in [2.75, 3.05) is 0 Å². The molecule has 1 rings (SSSR count). The maximum atomic E-state index is 12.4. The van der Waals surface area contributed by atoms with Crippen molar-refractivity contribution < 1.29 is 24.0 Å². The molecule has 6 nitrogen and oxygen atoms in total. The predicted molar refractivity (Wildman–Crippen MR) is 107 cm³/mol. The van der Waals surface area contributed by atoms with Gasteiger partial charge >= 0.3 is 0 Å². The Kier molecular flexibility index (Phi) is 9.69. The fourth-order valence-corrected chi connectivity index (χ4v) is 2.94. The third kappa shape index (κ3) is 7.71. The predicted octanol–water partition coefficient (Wildman–Crippen LogP) is 2.90. The molecule has 0 heterocycles. The second-order valence-corrected chi connectivity index (χ2v) is 7.75. The van der Waals surface area contributed by atoms with Gasteiger partial charge in [-0.25, -0.2) is 0 Å². The van der Waals surface area contributed by atoms with E-state index in [1.54, 1.807) is 13.0 Å². The van der Waals surface area contributed by atoms with Gasteiger partial charge < -0.3 is 5.32 Å². The highest BCUT2D eigenvalue weighted by atomic mass is 16.2. The van der Waals surface area contributed by atoms with E-state index in [0.717, 1.165) is 12.8 Å². The van der Waals surface area contributed by atoms with E-state index in [9.17, 15) is 24.0 Å². The van der Waals surface area contributed by atoms with Crippen molar-refractivity contribution in [1.82, 2.24) is 5.32 Å². The van der Waals surface area contributed by atoms with Gasteiger partial charge in [-0.2, -0.15) is 0 Å². The molecule has 0 bridgehead atoms. The summed E-state index contributed by atoms with van der Waals surface area (Å²) in [6.45, 7) is 6.92. The first kappa shape index (κ1) is 23.7. The van der Waals surface area contributed by atoms with E-state index >= 15 is 0 Å². The first-order chi connectivity index (χ1) is 13.1. The van der Waals surface area contributed by atoms with Crippen molar-refractivity contribution in [3.63, 3.8) is 0 Å². The molecule has 2 atom stereocenters. The minimum Gasteiger partial charge on any atom is -0.346 e. The third-order valence-electron chi connectivity index (χ3n) is 4.90. The lowest BCUT2D eigenvalue weighted by Gasteiger charge is -2.22. The zero-order valence-electron chi connectivity index (χ0n) is 17.2. The topological polar surface area (TPSA) is 97.4 Å². The zero-order valence-corrected chi connectivity index (χ0v) is 17.2. The Labute approximate surface area is 166 Å². The minimum atomic E-state index is -0.578. The molecule has 0 aromatic rings. The van der Waals surface area contributed by atoms with Crippen molar-refractivity contribution in [3.8, 4) is 0 Å². The van der Waals surface area contributed by atoms with Gasteiger partial charge in [-0.3, -0.25) is 24.0 Å². The number of rotatable bonds is 12. The average molecular weight is 389 g/mol. The summed E-state index contributed by atoms with van der Waals surface area (Å²) in [5.74, 6) is -1.19. The van der Waals surface area contributed by atoms with Crippen LogP contribution < -0.4 is 5.32 Å². The summed E-state index contributed by atoms with van der Waals surface area (Å²) < 4.78 is 0. The standard InChI is InChI=1S/C22H31NO5/c1-14(2)22(20(27)13-15(3)16(4)24)23-21(28)10-8-6-5-7-9-17-18(25)11-12-19(17)26/h9,11-12,14-15,22H,5-8,10,13H2,1-4H3,(H,23,28)/t15-,22+/m1/s1. The molecule has 0 saturated carbocycles. The number of carbonyl (C=O) groups is 5. The number of ketones is 4. The Morgan fingerprint density at radius 2 is 1.61 bits per heavy atom. The number of hydrogen-bond acceptors (Lipinski definition) is 5. The van der Waals surface area contributed by atoms with Gasteiger partial charge in [0, 0.05) is 18.8 Å². The van der Waals surface area contributed by atoms with Crippen LogP contribution in [0, 0.1) is 11.8 Å². The number of carbonyl (C=O) groups excluding carboxylic acids is 5. The van der Waals surface area contributed by atoms with Crippen molar-refractivity contribution >= 4 is 29.0 Å². The third-order valence-corrected chi connectivity index (χ3v) is 4.90. The summed E-state index contributed by atoms with van der Waals surface area (Å²) in [7, 11) is 0. The second-order valence-electron chi connectivity index (χ2n) is 7.75. The van der Waals surface area contributed by atoms with Gasteiger partial charge in [0.25, 0.3) is 0 Å². The summed E-state index contributed by atoms with van der Waals surface area (Å²) in [6, 6.07) is -0.578. The molecule has 0 saturated heterocycles. The molecule has 0 fully saturated rings. The lowest BCUT2D eigenvalue weighted by atomic mass is 9.91. The number of unbranched alkanes of at least 4 members (excludes halogenated alkanes) is 3. The fraction of sp³-hybridized carbons (Fsp3) is 0.591. The number of allylic oxidation sites excluding steroid dienone is 4. The molecule has 1 aliphatic rings. The van der Waals surface area contributed by atoms with Crippen LogP contribution in [0.25, 0.3) is 0 Å². The lowest BCUT2D eigenvalue weighted by Crippen LogP contribution is -2.45. The number of hydrogen-bond donors (Lipinski definition) is 1. The van der Waals surface area contributed by atoms with Crippen LogP contribution in [0.4, 0.5) is 0 Å². The van der Waals surface area contributed by atoms with Crippen molar-refractivity contribution in [3.05, 3.63) is 23.8 Å². The van der Waals surface area contributed by atoms with E-state index in [0.29, 0.717) is 19.3 Å². The van der Waals surface area contributed by atoms with Crippen molar-refractivity contribution in [2.24, 2.45) is 11.8 Å². The van der Waals surface area contributed by atoms with Gasteiger partial charge in [0.15, 0.2) is 17.3 Å². The van der Waals surface area contributed by atoms with Crippen LogP contribution in [0.5, 0.6) is 0 Å². The Hall–Kier alpha value is -2.37. The summed E-state index contributed by atoms with van der Waals surface area (Å²) in [5.41, 5.74) is 0.232. The molecule has 6 heteroatoms. The van der Waals surface area contributed by atoms with E-state index in [4.69, 9.17) is 0 Å². The van der Waals surface area contributed by atoms with E-state index < -0.39 is 6.04 Å². The average Bonchev–Trinajstić information content (AvgIpc) is 2.93. The number of amides is 1. The van der Waals surface area contributed by atoms with Crippen LogP contribution in [0.3, 0.4) is 0 Å². The summed E-state index contributed by atoms with van der Waals surface area (Å²) in [4.78, 5) is 58.8. The minimum absolute atomic E-state index is 0.0334. The molecular formula is C22H31NO5. The molecule has 28 heavy (non-hydrogen) atoms. The van der Waals surface area contributed by atoms with Crippen LogP contribution >= 0.6 is 0 Å². The molecule has 0 aliphatic heterocycles. The molecule has 154 valence electrons. The van der Waals surface area contributed by atoms with Gasteiger partial charge in [-0.1, -0.05) is 33.3 Å². The Bertz CT molecular complexity index is 667. The summed E-state index contributed by atoms with van der Waals surface area (Å²) in [5, 5.41) is 2.80. The quantitative estimate of drug-likeness (QED) is 0.314. The Morgan fingerprint density at radius 1 is 1.00 bits per heavy atom. The zero-order chi connectivity index (χ0) is 21.3. The smallest absolute Gasteiger partial charge is 0.220 e. The monoisotopic (exact) mass is 389 g/mol. The maximum Gasteiger partial charge on any atom is 0.220 e. The van der Waals surface area contributed by atoms with E-state index in [1.807, 2.05) is 13.8 Å². The largest absolute Gasteiger partial charge is 0.346 e. The Morgan fingerprint density at radius 3 is 2.14 bits per heavy atom. The van der Waals surface area contributed by atoms with Gasteiger partial charge in [0.05, 0.1) is 11.6 Å². The van der Waals surface area contributed by atoms with Crippen LogP contribution in [0.2, 0.25) is 0 Å². The molecule has 0 aromatic carbocycles. The van der Waals surface area contributed by atoms with Gasteiger partial charge in [0.1, 0.15) is 5.78 Å². The van der Waals surface area contributed by atoms with Gasteiger partial charge in [-0.15, -0.1) is 0 Å².